The fraction of sp³-hybridized carbons (Fsp3) is 0.158. The highest BCUT2D eigenvalue weighted by atomic mass is 35.5. The van der Waals surface area contributed by atoms with Gasteiger partial charge < -0.3 is 4.31 Å². The molecule has 0 radical (unpaired) electrons. The van der Waals surface area contributed by atoms with E-state index in [9.17, 15) is 0 Å². The summed E-state index contributed by atoms with van der Waals surface area (Å²) >= 11 is 8.00. The van der Waals surface area contributed by atoms with Crippen LogP contribution in [0, 0.1) is 6.92 Å². The van der Waals surface area contributed by atoms with Gasteiger partial charge in [0.2, 0.25) is 0 Å². The number of hydrogen-bond acceptors (Lipinski definition) is 2. The van der Waals surface area contributed by atoms with Crippen LogP contribution in [0.1, 0.15) is 11.1 Å². The van der Waals surface area contributed by atoms with Gasteiger partial charge in [0.1, 0.15) is 0 Å². The van der Waals surface area contributed by atoms with E-state index in [1.807, 2.05) is 18.2 Å². The van der Waals surface area contributed by atoms with E-state index >= 15 is 0 Å². The van der Waals surface area contributed by atoms with Gasteiger partial charge in [-0.1, -0.05) is 60.1 Å². The van der Waals surface area contributed by atoms with Gasteiger partial charge >= 0.3 is 0 Å². The van der Waals surface area contributed by atoms with Gasteiger partial charge in [-0.15, -0.1) is 0 Å². The maximum absolute atomic E-state index is 6.24. The van der Waals surface area contributed by atoms with Gasteiger partial charge in [0.25, 0.3) is 0 Å². The summed E-state index contributed by atoms with van der Waals surface area (Å²) in [6, 6.07) is 21.0. The van der Waals surface area contributed by atoms with E-state index in [-0.39, 0.29) is 0 Å². The lowest BCUT2D eigenvalue weighted by atomic mass is 10.0. The molecule has 0 fully saturated rings. The van der Waals surface area contributed by atoms with Crippen molar-refractivity contribution >= 4 is 40.0 Å². The van der Waals surface area contributed by atoms with Crippen LogP contribution in [-0.4, -0.2) is 7.05 Å². The van der Waals surface area contributed by atoms with Gasteiger partial charge in [0.15, 0.2) is 0 Å². The van der Waals surface area contributed by atoms with Crippen molar-refractivity contribution in [1.29, 1.82) is 0 Å². The van der Waals surface area contributed by atoms with Crippen molar-refractivity contribution in [3.8, 4) is 0 Å². The van der Waals surface area contributed by atoms with Crippen LogP contribution in [0.15, 0.2) is 60.7 Å². The molecule has 1 nitrogen and oxygen atoms in total. The molecule has 3 aromatic rings. The Morgan fingerprint density at radius 1 is 0.909 bits per heavy atom. The monoisotopic (exact) mass is 327 g/mol. The molecule has 0 saturated carbocycles. The number of aryl methyl sites for hydroxylation is 1. The van der Waals surface area contributed by atoms with Crippen molar-refractivity contribution < 1.29 is 0 Å². The van der Waals surface area contributed by atoms with Crippen LogP contribution in [0.4, 0.5) is 5.69 Å². The highest BCUT2D eigenvalue weighted by Crippen LogP contribution is 2.33. The third-order valence-electron chi connectivity index (χ3n) is 3.83. The minimum Gasteiger partial charge on any atom is -0.318 e. The van der Waals surface area contributed by atoms with Crippen molar-refractivity contribution in [2.45, 2.75) is 12.7 Å². The molecular weight excluding hydrogens is 310 g/mol. The second kappa shape index (κ2) is 6.64. The third-order valence-corrected chi connectivity index (χ3v) is 5.22. The van der Waals surface area contributed by atoms with Crippen molar-refractivity contribution in [2.75, 3.05) is 11.4 Å². The topological polar surface area (TPSA) is 3.24 Å². The van der Waals surface area contributed by atoms with Gasteiger partial charge in [-0.2, -0.15) is 0 Å². The van der Waals surface area contributed by atoms with Crippen molar-refractivity contribution in [3.05, 3.63) is 76.8 Å². The first-order chi connectivity index (χ1) is 10.7. The lowest BCUT2D eigenvalue weighted by molar-refractivity contribution is 1.33. The maximum atomic E-state index is 6.24. The maximum Gasteiger partial charge on any atom is 0.0545 e. The Kier molecular flexibility index (Phi) is 4.60. The first-order valence-corrected chi connectivity index (χ1v) is 8.57. The second-order valence-corrected chi connectivity index (χ2v) is 6.81. The van der Waals surface area contributed by atoms with E-state index in [0.717, 1.165) is 16.3 Å². The fourth-order valence-electron chi connectivity index (χ4n) is 2.56. The minimum atomic E-state index is 0.831. The molecule has 0 atom stereocenters. The number of rotatable bonds is 4. The fourth-order valence-corrected chi connectivity index (χ4v) is 3.72. The van der Waals surface area contributed by atoms with Crippen LogP contribution in [0.2, 0.25) is 5.02 Å². The molecule has 0 N–H and O–H groups in total. The molecule has 3 aromatic carbocycles. The highest BCUT2D eigenvalue weighted by molar-refractivity contribution is 7.99. The summed E-state index contributed by atoms with van der Waals surface area (Å²) in [6.45, 7) is 2.16. The number of fused-ring (bicyclic) bond motifs is 1. The Hall–Kier alpha value is -1.64. The Labute approximate surface area is 141 Å². The van der Waals surface area contributed by atoms with Crippen LogP contribution in [-0.2, 0) is 5.75 Å². The Morgan fingerprint density at radius 3 is 2.36 bits per heavy atom. The molecule has 0 spiro atoms. The molecular formula is C19H18ClNS. The lowest BCUT2D eigenvalue weighted by Crippen LogP contribution is -2.07. The van der Waals surface area contributed by atoms with E-state index in [4.69, 9.17) is 11.6 Å². The molecule has 0 aliphatic rings. The first-order valence-electron chi connectivity index (χ1n) is 7.25. The molecule has 0 aromatic heterocycles. The summed E-state index contributed by atoms with van der Waals surface area (Å²) in [6.07, 6.45) is 0. The summed E-state index contributed by atoms with van der Waals surface area (Å²) in [5.41, 5.74) is 3.71. The van der Waals surface area contributed by atoms with Gasteiger partial charge in [0.05, 0.1) is 5.69 Å². The number of nitrogens with zero attached hydrogens (tertiary/aromatic N) is 1. The second-order valence-electron chi connectivity index (χ2n) is 5.31. The number of anilines is 1. The molecule has 0 saturated heterocycles. The van der Waals surface area contributed by atoms with Gasteiger partial charge in [-0.3, -0.25) is 0 Å². The lowest BCUT2D eigenvalue weighted by Gasteiger charge is -2.21. The summed E-state index contributed by atoms with van der Waals surface area (Å²) < 4.78 is 2.23. The zero-order valence-corrected chi connectivity index (χ0v) is 14.3. The average Bonchev–Trinajstić information content (AvgIpc) is 2.54. The molecule has 0 aliphatic heterocycles. The quantitative estimate of drug-likeness (QED) is 0.534. The van der Waals surface area contributed by atoms with Crippen LogP contribution < -0.4 is 4.31 Å². The molecule has 0 amide bonds. The first kappa shape index (κ1) is 15.3. The SMILES string of the molecule is Cc1ccc(N(C)SCc2ccccc2Cl)c2ccccc12. The third kappa shape index (κ3) is 3.08. The Balaban J connectivity index is 1.85. The predicted octanol–water partition coefficient (Wildman–Crippen LogP) is 6.09. The number of benzene rings is 3. The Morgan fingerprint density at radius 2 is 1.59 bits per heavy atom. The van der Waals surface area contributed by atoms with Crippen molar-refractivity contribution in [2.24, 2.45) is 0 Å². The van der Waals surface area contributed by atoms with Gasteiger partial charge in [-0.25, -0.2) is 0 Å². The smallest absolute Gasteiger partial charge is 0.0545 e. The molecule has 3 rings (SSSR count). The van der Waals surface area contributed by atoms with E-state index in [1.54, 1.807) is 11.9 Å². The van der Waals surface area contributed by atoms with Crippen molar-refractivity contribution in [3.63, 3.8) is 0 Å². The van der Waals surface area contributed by atoms with Gasteiger partial charge in [-0.05, 0) is 47.5 Å². The zero-order chi connectivity index (χ0) is 15.5. The summed E-state index contributed by atoms with van der Waals surface area (Å²) in [7, 11) is 2.11. The van der Waals surface area contributed by atoms with Crippen LogP contribution in [0.25, 0.3) is 10.8 Å². The van der Waals surface area contributed by atoms with E-state index in [1.165, 1.54) is 22.0 Å². The van der Waals surface area contributed by atoms with E-state index in [2.05, 4.69) is 60.7 Å². The van der Waals surface area contributed by atoms with E-state index in [0.29, 0.717) is 0 Å². The van der Waals surface area contributed by atoms with Crippen molar-refractivity contribution in [1.82, 2.24) is 0 Å². The molecule has 0 aliphatic carbocycles. The molecule has 3 heteroatoms. The van der Waals surface area contributed by atoms with Crippen LogP contribution in [0.5, 0.6) is 0 Å². The van der Waals surface area contributed by atoms with Gasteiger partial charge in [0, 0.05) is 23.2 Å². The zero-order valence-electron chi connectivity index (χ0n) is 12.7. The largest absolute Gasteiger partial charge is 0.318 e. The molecule has 0 bridgehead atoms. The average molecular weight is 328 g/mol. The van der Waals surface area contributed by atoms with Crippen LogP contribution >= 0.6 is 23.5 Å². The molecule has 0 heterocycles. The highest BCUT2D eigenvalue weighted by Gasteiger charge is 2.09. The predicted molar refractivity (Wildman–Crippen MR) is 99.8 cm³/mol. The summed E-state index contributed by atoms with van der Waals surface area (Å²) in [4.78, 5) is 0. The van der Waals surface area contributed by atoms with Crippen LogP contribution in [0.3, 0.4) is 0 Å². The summed E-state index contributed by atoms with van der Waals surface area (Å²) in [5, 5.41) is 3.43. The number of hydrogen-bond donors (Lipinski definition) is 0. The molecule has 112 valence electrons. The molecule has 22 heavy (non-hydrogen) atoms. The minimum absolute atomic E-state index is 0.831. The summed E-state index contributed by atoms with van der Waals surface area (Å²) in [5.74, 6) is 0.860. The normalized spacial score (nSPS) is 10.9. The molecule has 0 unspecified atom stereocenters. The Bertz CT molecular complexity index is 800. The van der Waals surface area contributed by atoms with E-state index < -0.39 is 0 Å². The number of halogens is 1. The standard InChI is InChI=1S/C19H18ClNS/c1-14-11-12-19(17-9-5-4-8-16(14)17)21(2)22-13-15-7-3-6-10-18(15)20/h3-12H,13H2,1-2H3.